The highest BCUT2D eigenvalue weighted by molar-refractivity contribution is 6.31. The number of carbonyl (C=O) groups excluding carboxylic acids is 3. The summed E-state index contributed by atoms with van der Waals surface area (Å²) in [6.07, 6.45) is -0.163. The standard InChI is InChI=1S/C16H20ClNO5/c1-4-22-14(20)16(18-11(3)19,15(21)23-5-2)10-12-8-6-7-9-13(12)17/h6-9H,4-5,10H2,1-3H3,(H,18,19). The first-order chi connectivity index (χ1) is 10.9. The van der Waals surface area contributed by atoms with Crippen molar-refractivity contribution in [3.63, 3.8) is 0 Å². The predicted molar refractivity (Wildman–Crippen MR) is 85.0 cm³/mol. The summed E-state index contributed by atoms with van der Waals surface area (Å²) in [7, 11) is 0. The minimum absolute atomic E-state index is 0.0576. The van der Waals surface area contributed by atoms with Gasteiger partial charge in [0.2, 0.25) is 11.4 Å². The lowest BCUT2D eigenvalue weighted by Gasteiger charge is -2.30. The molecule has 1 amide bonds. The Bertz CT molecular complexity index is 570. The fourth-order valence-electron chi connectivity index (χ4n) is 2.11. The molecule has 0 bridgehead atoms. The number of rotatable bonds is 7. The molecule has 0 fully saturated rings. The van der Waals surface area contributed by atoms with E-state index in [1.807, 2.05) is 0 Å². The molecule has 0 aliphatic carbocycles. The zero-order valence-electron chi connectivity index (χ0n) is 13.3. The van der Waals surface area contributed by atoms with E-state index in [1.165, 1.54) is 6.92 Å². The van der Waals surface area contributed by atoms with Crippen LogP contribution in [0.2, 0.25) is 5.02 Å². The fourth-order valence-corrected chi connectivity index (χ4v) is 2.31. The van der Waals surface area contributed by atoms with Crippen molar-refractivity contribution in [3.05, 3.63) is 34.9 Å². The second-order valence-electron chi connectivity index (χ2n) is 4.80. The molecule has 0 radical (unpaired) electrons. The monoisotopic (exact) mass is 341 g/mol. The number of benzene rings is 1. The van der Waals surface area contributed by atoms with Crippen LogP contribution in [0.4, 0.5) is 0 Å². The van der Waals surface area contributed by atoms with Gasteiger partial charge in [-0.2, -0.15) is 0 Å². The van der Waals surface area contributed by atoms with Gasteiger partial charge in [-0.15, -0.1) is 0 Å². The van der Waals surface area contributed by atoms with Crippen molar-refractivity contribution in [3.8, 4) is 0 Å². The van der Waals surface area contributed by atoms with Crippen molar-refractivity contribution in [1.82, 2.24) is 5.32 Å². The molecule has 7 heteroatoms. The van der Waals surface area contributed by atoms with Gasteiger partial charge in [-0.05, 0) is 25.5 Å². The number of nitrogens with one attached hydrogen (secondary N) is 1. The van der Waals surface area contributed by atoms with E-state index in [0.717, 1.165) is 0 Å². The van der Waals surface area contributed by atoms with E-state index in [2.05, 4.69) is 5.32 Å². The summed E-state index contributed by atoms with van der Waals surface area (Å²) >= 11 is 6.11. The molecule has 0 aliphatic heterocycles. The van der Waals surface area contributed by atoms with Gasteiger partial charge in [0.05, 0.1) is 13.2 Å². The lowest BCUT2D eigenvalue weighted by Crippen LogP contribution is -2.62. The van der Waals surface area contributed by atoms with Crippen LogP contribution < -0.4 is 5.32 Å². The number of carbonyl (C=O) groups is 3. The maximum Gasteiger partial charge on any atom is 0.344 e. The highest BCUT2D eigenvalue weighted by Gasteiger charge is 2.50. The Labute approximate surface area is 140 Å². The maximum absolute atomic E-state index is 12.5. The number of halogens is 1. The van der Waals surface area contributed by atoms with Crippen LogP contribution in [0.3, 0.4) is 0 Å². The SMILES string of the molecule is CCOC(=O)C(Cc1ccccc1Cl)(NC(C)=O)C(=O)OCC. The van der Waals surface area contributed by atoms with E-state index in [9.17, 15) is 14.4 Å². The van der Waals surface area contributed by atoms with Crippen molar-refractivity contribution in [2.45, 2.75) is 32.7 Å². The van der Waals surface area contributed by atoms with Gasteiger partial charge in [0, 0.05) is 18.4 Å². The van der Waals surface area contributed by atoms with Gasteiger partial charge in [-0.1, -0.05) is 29.8 Å². The Balaban J connectivity index is 3.35. The molecule has 0 aliphatic rings. The Morgan fingerprint density at radius 3 is 2.04 bits per heavy atom. The van der Waals surface area contributed by atoms with Gasteiger partial charge in [0.15, 0.2) is 0 Å². The zero-order valence-corrected chi connectivity index (χ0v) is 14.1. The topological polar surface area (TPSA) is 81.7 Å². The predicted octanol–water partition coefficient (Wildman–Crippen LogP) is 1.88. The van der Waals surface area contributed by atoms with Crippen molar-refractivity contribution < 1.29 is 23.9 Å². The molecule has 1 aromatic carbocycles. The van der Waals surface area contributed by atoms with Gasteiger partial charge in [-0.25, -0.2) is 9.59 Å². The molecular formula is C16H20ClNO5. The van der Waals surface area contributed by atoms with E-state index >= 15 is 0 Å². The van der Waals surface area contributed by atoms with E-state index in [1.54, 1.807) is 38.1 Å². The summed E-state index contributed by atoms with van der Waals surface area (Å²) in [5.74, 6) is -2.32. The third-order valence-corrected chi connectivity index (χ3v) is 3.42. The van der Waals surface area contributed by atoms with Gasteiger partial charge in [0.25, 0.3) is 0 Å². The quantitative estimate of drug-likeness (QED) is 0.605. The number of ether oxygens (including phenoxy) is 2. The van der Waals surface area contributed by atoms with Crippen LogP contribution in [-0.4, -0.2) is 36.6 Å². The first kappa shape index (κ1) is 19.0. The molecule has 1 aromatic rings. The summed E-state index contributed by atoms with van der Waals surface area (Å²) in [6.45, 7) is 4.54. The summed E-state index contributed by atoms with van der Waals surface area (Å²) < 4.78 is 9.98. The first-order valence-electron chi connectivity index (χ1n) is 7.24. The van der Waals surface area contributed by atoms with Crippen LogP contribution >= 0.6 is 11.6 Å². The lowest BCUT2D eigenvalue weighted by atomic mass is 9.90. The van der Waals surface area contributed by atoms with Gasteiger partial charge < -0.3 is 14.8 Å². The Hall–Kier alpha value is -2.08. The van der Waals surface area contributed by atoms with E-state index in [0.29, 0.717) is 10.6 Å². The Morgan fingerprint density at radius 2 is 1.61 bits per heavy atom. The van der Waals surface area contributed by atoms with Gasteiger partial charge >= 0.3 is 11.9 Å². The van der Waals surface area contributed by atoms with Crippen LogP contribution in [0.1, 0.15) is 26.3 Å². The highest BCUT2D eigenvalue weighted by Crippen LogP contribution is 2.24. The molecule has 0 heterocycles. The van der Waals surface area contributed by atoms with Gasteiger partial charge in [0.1, 0.15) is 0 Å². The molecule has 1 rings (SSSR count). The molecule has 0 unspecified atom stereocenters. The van der Waals surface area contributed by atoms with Crippen molar-refractivity contribution >= 4 is 29.4 Å². The molecule has 0 saturated carbocycles. The highest BCUT2D eigenvalue weighted by atomic mass is 35.5. The summed E-state index contributed by atoms with van der Waals surface area (Å²) in [6, 6.07) is 6.74. The van der Waals surface area contributed by atoms with Crippen LogP contribution in [-0.2, 0) is 30.3 Å². The van der Waals surface area contributed by atoms with Crippen LogP contribution in [0, 0.1) is 0 Å². The molecule has 0 spiro atoms. The second-order valence-corrected chi connectivity index (χ2v) is 5.20. The second kappa shape index (κ2) is 8.53. The lowest BCUT2D eigenvalue weighted by molar-refractivity contribution is -0.168. The normalized spacial score (nSPS) is 10.8. The number of hydrogen-bond acceptors (Lipinski definition) is 5. The summed E-state index contributed by atoms with van der Waals surface area (Å²) in [5.41, 5.74) is -1.45. The smallest absolute Gasteiger partial charge is 0.344 e. The fraction of sp³-hybridized carbons (Fsp3) is 0.438. The van der Waals surface area contributed by atoms with Crippen molar-refractivity contribution in [2.75, 3.05) is 13.2 Å². The summed E-state index contributed by atoms with van der Waals surface area (Å²) in [5, 5.41) is 2.76. The Kier molecular flexibility index (Phi) is 7.03. The van der Waals surface area contributed by atoms with E-state index in [4.69, 9.17) is 21.1 Å². The number of hydrogen-bond donors (Lipinski definition) is 1. The van der Waals surface area contributed by atoms with Gasteiger partial charge in [-0.3, -0.25) is 4.79 Å². The molecule has 1 N–H and O–H groups in total. The van der Waals surface area contributed by atoms with E-state index in [-0.39, 0.29) is 19.6 Å². The minimum Gasteiger partial charge on any atom is -0.464 e. The Morgan fingerprint density at radius 1 is 1.09 bits per heavy atom. The molecular weight excluding hydrogens is 322 g/mol. The third-order valence-electron chi connectivity index (χ3n) is 3.05. The van der Waals surface area contributed by atoms with Crippen LogP contribution in [0.25, 0.3) is 0 Å². The molecule has 0 saturated heterocycles. The number of amides is 1. The van der Waals surface area contributed by atoms with Crippen LogP contribution in [0.15, 0.2) is 24.3 Å². The molecule has 23 heavy (non-hydrogen) atoms. The van der Waals surface area contributed by atoms with Crippen LogP contribution in [0.5, 0.6) is 0 Å². The average molecular weight is 342 g/mol. The maximum atomic E-state index is 12.5. The minimum atomic E-state index is -1.97. The average Bonchev–Trinajstić information content (AvgIpc) is 2.48. The first-order valence-corrected chi connectivity index (χ1v) is 7.61. The molecule has 6 nitrogen and oxygen atoms in total. The summed E-state index contributed by atoms with van der Waals surface area (Å²) in [4.78, 5) is 36.5. The largest absolute Gasteiger partial charge is 0.464 e. The number of esters is 2. The van der Waals surface area contributed by atoms with E-state index < -0.39 is 23.4 Å². The third kappa shape index (κ3) is 4.69. The zero-order chi connectivity index (χ0) is 17.5. The molecule has 126 valence electrons. The molecule has 0 aromatic heterocycles. The van der Waals surface area contributed by atoms with Crippen molar-refractivity contribution in [2.24, 2.45) is 0 Å². The van der Waals surface area contributed by atoms with Crippen molar-refractivity contribution in [1.29, 1.82) is 0 Å². The molecule has 0 atom stereocenters.